The Morgan fingerprint density at radius 1 is 1.36 bits per heavy atom. The molecule has 4 heteroatoms. The maximum atomic E-state index is 11.0. The summed E-state index contributed by atoms with van der Waals surface area (Å²) < 4.78 is 22.1. The molecule has 1 aromatic carbocycles. The Labute approximate surface area is 89.3 Å². The van der Waals surface area contributed by atoms with Gasteiger partial charge in [0.25, 0.3) is 9.05 Å². The fourth-order valence-electron chi connectivity index (χ4n) is 1.30. The van der Waals surface area contributed by atoms with Crippen LogP contribution in [-0.4, -0.2) is 8.42 Å². The molecule has 0 saturated heterocycles. The van der Waals surface area contributed by atoms with Crippen LogP contribution in [0.15, 0.2) is 29.2 Å². The fourth-order valence-corrected chi connectivity index (χ4v) is 2.12. The van der Waals surface area contributed by atoms with Crippen molar-refractivity contribution in [1.82, 2.24) is 0 Å². The van der Waals surface area contributed by atoms with Crippen LogP contribution in [0.5, 0.6) is 0 Å². The molecule has 0 unspecified atom stereocenters. The number of halogens is 1. The first-order valence-electron chi connectivity index (χ1n) is 4.43. The Morgan fingerprint density at radius 3 is 2.50 bits per heavy atom. The minimum atomic E-state index is -3.59. The number of benzene rings is 1. The van der Waals surface area contributed by atoms with E-state index in [2.05, 4.69) is 13.8 Å². The molecular formula is C10H13ClO2S. The average Bonchev–Trinajstić information content (AvgIpc) is 2.01. The van der Waals surface area contributed by atoms with E-state index in [1.807, 2.05) is 6.07 Å². The van der Waals surface area contributed by atoms with E-state index in [0.29, 0.717) is 5.92 Å². The van der Waals surface area contributed by atoms with E-state index in [-0.39, 0.29) is 4.90 Å². The molecule has 0 aliphatic rings. The second kappa shape index (κ2) is 4.32. The van der Waals surface area contributed by atoms with E-state index in [1.54, 1.807) is 12.1 Å². The molecular weight excluding hydrogens is 220 g/mol. The van der Waals surface area contributed by atoms with Crippen LogP contribution in [-0.2, 0) is 15.5 Å². The second-order valence-electron chi connectivity index (χ2n) is 3.68. The van der Waals surface area contributed by atoms with Gasteiger partial charge in [0.2, 0.25) is 0 Å². The lowest BCUT2D eigenvalue weighted by atomic mass is 10.0. The Bertz CT molecular complexity index is 410. The largest absolute Gasteiger partial charge is 0.261 e. The van der Waals surface area contributed by atoms with Gasteiger partial charge in [-0.05, 0) is 30.0 Å². The molecule has 0 aliphatic heterocycles. The summed E-state index contributed by atoms with van der Waals surface area (Å²) in [5.74, 6) is 0.503. The predicted molar refractivity (Wildman–Crippen MR) is 58.0 cm³/mol. The van der Waals surface area contributed by atoms with E-state index < -0.39 is 9.05 Å². The third-order valence-electron chi connectivity index (χ3n) is 1.82. The lowest BCUT2D eigenvalue weighted by molar-refractivity contribution is 0.608. The van der Waals surface area contributed by atoms with Gasteiger partial charge in [0, 0.05) is 10.7 Å². The summed E-state index contributed by atoms with van der Waals surface area (Å²) >= 11 is 0. The third kappa shape index (κ3) is 3.31. The van der Waals surface area contributed by atoms with E-state index in [1.165, 1.54) is 6.07 Å². The highest BCUT2D eigenvalue weighted by atomic mass is 35.7. The van der Waals surface area contributed by atoms with Gasteiger partial charge in [0.05, 0.1) is 4.90 Å². The summed E-state index contributed by atoms with van der Waals surface area (Å²) in [6, 6.07) is 6.76. The molecule has 0 bridgehead atoms. The zero-order valence-corrected chi connectivity index (χ0v) is 9.77. The third-order valence-corrected chi connectivity index (χ3v) is 3.18. The quantitative estimate of drug-likeness (QED) is 0.751. The molecule has 0 radical (unpaired) electrons. The Hall–Kier alpha value is -0.540. The molecule has 14 heavy (non-hydrogen) atoms. The lowest BCUT2D eigenvalue weighted by Gasteiger charge is -2.05. The van der Waals surface area contributed by atoms with Crippen molar-refractivity contribution in [3.05, 3.63) is 29.8 Å². The summed E-state index contributed by atoms with van der Waals surface area (Å²) in [4.78, 5) is 0.178. The van der Waals surface area contributed by atoms with Crippen LogP contribution in [0.3, 0.4) is 0 Å². The molecule has 0 amide bonds. The molecule has 0 fully saturated rings. The van der Waals surface area contributed by atoms with Crippen molar-refractivity contribution >= 4 is 19.7 Å². The van der Waals surface area contributed by atoms with Gasteiger partial charge in [-0.15, -0.1) is 0 Å². The van der Waals surface area contributed by atoms with Gasteiger partial charge >= 0.3 is 0 Å². The minimum Gasteiger partial charge on any atom is -0.207 e. The van der Waals surface area contributed by atoms with Gasteiger partial charge in [-0.25, -0.2) is 8.42 Å². The zero-order chi connectivity index (χ0) is 10.8. The van der Waals surface area contributed by atoms with Crippen molar-refractivity contribution < 1.29 is 8.42 Å². The van der Waals surface area contributed by atoms with Crippen molar-refractivity contribution in [1.29, 1.82) is 0 Å². The van der Waals surface area contributed by atoms with Gasteiger partial charge in [-0.3, -0.25) is 0 Å². The normalized spacial score (nSPS) is 12.0. The standard InChI is InChI=1S/C10H13ClO2S/c1-8(2)6-9-4-3-5-10(7-9)14(11,12)13/h3-5,7-8H,6H2,1-2H3. The number of hydrogen-bond acceptors (Lipinski definition) is 2. The Balaban J connectivity index is 3.02. The monoisotopic (exact) mass is 232 g/mol. The SMILES string of the molecule is CC(C)Cc1cccc(S(=O)(=O)Cl)c1. The first-order valence-corrected chi connectivity index (χ1v) is 6.74. The van der Waals surface area contributed by atoms with Crippen molar-refractivity contribution in [2.45, 2.75) is 25.2 Å². The van der Waals surface area contributed by atoms with E-state index in [0.717, 1.165) is 12.0 Å². The molecule has 1 aromatic rings. The smallest absolute Gasteiger partial charge is 0.207 e. The van der Waals surface area contributed by atoms with Gasteiger partial charge in [0.1, 0.15) is 0 Å². The Morgan fingerprint density at radius 2 is 2.00 bits per heavy atom. The van der Waals surface area contributed by atoms with Gasteiger partial charge < -0.3 is 0 Å². The van der Waals surface area contributed by atoms with E-state index >= 15 is 0 Å². The van der Waals surface area contributed by atoms with E-state index in [9.17, 15) is 8.42 Å². The maximum Gasteiger partial charge on any atom is 0.261 e. The van der Waals surface area contributed by atoms with E-state index in [4.69, 9.17) is 10.7 Å². The predicted octanol–water partition coefficient (Wildman–Crippen LogP) is 2.81. The van der Waals surface area contributed by atoms with Crippen LogP contribution >= 0.6 is 10.7 Å². The van der Waals surface area contributed by atoms with Crippen molar-refractivity contribution in [3.8, 4) is 0 Å². The minimum absolute atomic E-state index is 0.178. The molecule has 1 rings (SSSR count). The van der Waals surface area contributed by atoms with Crippen molar-refractivity contribution in [2.75, 3.05) is 0 Å². The fraction of sp³-hybridized carbons (Fsp3) is 0.400. The van der Waals surface area contributed by atoms with Crippen LogP contribution in [0.2, 0.25) is 0 Å². The van der Waals surface area contributed by atoms with Crippen LogP contribution in [0.25, 0.3) is 0 Å². The summed E-state index contributed by atoms with van der Waals surface area (Å²) in [6.07, 6.45) is 0.861. The summed E-state index contributed by atoms with van der Waals surface area (Å²) in [7, 11) is 1.65. The highest BCUT2D eigenvalue weighted by Crippen LogP contribution is 2.17. The number of rotatable bonds is 3. The molecule has 0 saturated carbocycles. The highest BCUT2D eigenvalue weighted by molar-refractivity contribution is 8.13. The molecule has 0 aliphatic carbocycles. The molecule has 0 heterocycles. The van der Waals surface area contributed by atoms with Crippen LogP contribution in [0.4, 0.5) is 0 Å². The first-order chi connectivity index (χ1) is 6.39. The van der Waals surface area contributed by atoms with Crippen LogP contribution in [0, 0.1) is 5.92 Å². The van der Waals surface area contributed by atoms with Gasteiger partial charge in [-0.1, -0.05) is 26.0 Å². The summed E-state index contributed by atoms with van der Waals surface area (Å²) in [6.45, 7) is 4.17. The van der Waals surface area contributed by atoms with Crippen LogP contribution in [0.1, 0.15) is 19.4 Å². The molecule has 2 nitrogen and oxygen atoms in total. The summed E-state index contributed by atoms with van der Waals surface area (Å²) in [5.41, 5.74) is 1.00. The zero-order valence-electron chi connectivity index (χ0n) is 8.20. The molecule has 0 aromatic heterocycles. The second-order valence-corrected chi connectivity index (χ2v) is 6.25. The summed E-state index contributed by atoms with van der Waals surface area (Å²) in [5, 5.41) is 0. The molecule has 78 valence electrons. The van der Waals surface area contributed by atoms with Crippen molar-refractivity contribution in [3.63, 3.8) is 0 Å². The number of hydrogen-bond donors (Lipinski definition) is 0. The molecule has 0 atom stereocenters. The van der Waals surface area contributed by atoms with Crippen molar-refractivity contribution in [2.24, 2.45) is 5.92 Å². The average molecular weight is 233 g/mol. The molecule has 0 spiro atoms. The lowest BCUT2D eigenvalue weighted by Crippen LogP contribution is -1.96. The maximum absolute atomic E-state index is 11.0. The topological polar surface area (TPSA) is 34.1 Å². The molecule has 0 N–H and O–H groups in total. The highest BCUT2D eigenvalue weighted by Gasteiger charge is 2.10. The van der Waals surface area contributed by atoms with Crippen LogP contribution < -0.4 is 0 Å². The van der Waals surface area contributed by atoms with Gasteiger partial charge in [-0.2, -0.15) is 0 Å². The first kappa shape index (κ1) is 11.5. The van der Waals surface area contributed by atoms with Gasteiger partial charge in [0.15, 0.2) is 0 Å². The Kier molecular flexibility index (Phi) is 3.56.